The summed E-state index contributed by atoms with van der Waals surface area (Å²) < 4.78 is 17.7. The molecule has 0 spiro atoms. The molecule has 1 N–H and O–H groups in total. The van der Waals surface area contributed by atoms with Gasteiger partial charge >= 0.3 is 5.97 Å². The monoisotopic (exact) mass is 454 g/mol. The molecule has 1 aromatic heterocycles. The molecule has 0 amide bonds. The minimum atomic E-state index is -0.750. The van der Waals surface area contributed by atoms with Crippen molar-refractivity contribution in [3.8, 4) is 17.1 Å². The highest BCUT2D eigenvalue weighted by Gasteiger charge is 2.35. The first-order valence-corrected chi connectivity index (χ1v) is 11.2. The summed E-state index contributed by atoms with van der Waals surface area (Å²) in [7, 11) is 0. The average Bonchev–Trinajstić information content (AvgIpc) is 3.58. The van der Waals surface area contributed by atoms with Gasteiger partial charge in [0.25, 0.3) is 0 Å². The normalized spacial score (nSPS) is 20.2. The van der Waals surface area contributed by atoms with Crippen LogP contribution in [0.2, 0.25) is 5.02 Å². The van der Waals surface area contributed by atoms with Gasteiger partial charge in [-0.05, 0) is 67.5 Å². The minimum Gasteiger partial charge on any atom is -0.491 e. The molecule has 1 heterocycles. The van der Waals surface area contributed by atoms with Gasteiger partial charge in [-0.25, -0.2) is 0 Å². The summed E-state index contributed by atoms with van der Waals surface area (Å²) in [4.78, 5) is 23.4. The van der Waals surface area contributed by atoms with E-state index in [0.717, 1.165) is 29.7 Å². The second-order valence-electron chi connectivity index (χ2n) is 8.47. The first kappa shape index (κ1) is 21.0. The Labute approximate surface area is 189 Å². The fourth-order valence-electron chi connectivity index (χ4n) is 4.10. The van der Waals surface area contributed by atoms with Gasteiger partial charge in [0.05, 0.1) is 29.0 Å². The SMILES string of the molecule is O=c1cc(-c2ccc(OCCO[C@H]3C[C@@H](C(=O)O)C3)c(C3CC3)c2)oc2c(Cl)cccc12. The predicted molar refractivity (Wildman–Crippen MR) is 120 cm³/mol. The predicted octanol–water partition coefficient (Wildman–Crippen LogP) is 5.25. The molecule has 2 aliphatic rings. The molecule has 0 radical (unpaired) electrons. The summed E-state index contributed by atoms with van der Waals surface area (Å²) in [6.07, 6.45) is 3.34. The van der Waals surface area contributed by atoms with Gasteiger partial charge in [-0.3, -0.25) is 9.59 Å². The average molecular weight is 455 g/mol. The summed E-state index contributed by atoms with van der Waals surface area (Å²) in [5.74, 6) is 0.688. The Morgan fingerprint density at radius 1 is 1.12 bits per heavy atom. The maximum absolute atomic E-state index is 12.5. The number of hydrogen-bond acceptors (Lipinski definition) is 5. The maximum Gasteiger partial charge on any atom is 0.306 e. The van der Waals surface area contributed by atoms with Gasteiger partial charge in [0.15, 0.2) is 11.0 Å². The van der Waals surface area contributed by atoms with Crippen LogP contribution in [0, 0.1) is 5.92 Å². The van der Waals surface area contributed by atoms with E-state index in [1.54, 1.807) is 18.2 Å². The molecule has 0 saturated heterocycles. The number of halogens is 1. The Morgan fingerprint density at radius 3 is 2.69 bits per heavy atom. The molecular formula is C25H23ClO6. The molecule has 32 heavy (non-hydrogen) atoms. The smallest absolute Gasteiger partial charge is 0.306 e. The fraction of sp³-hybridized carbons (Fsp3) is 0.360. The van der Waals surface area contributed by atoms with Crippen LogP contribution in [0.4, 0.5) is 0 Å². The van der Waals surface area contributed by atoms with E-state index in [2.05, 4.69) is 0 Å². The van der Waals surface area contributed by atoms with E-state index in [0.29, 0.717) is 53.7 Å². The lowest BCUT2D eigenvalue weighted by Crippen LogP contribution is -2.37. The third kappa shape index (κ3) is 4.25. The van der Waals surface area contributed by atoms with Crippen molar-refractivity contribution < 1.29 is 23.8 Å². The molecule has 166 valence electrons. The number of rotatable bonds is 8. The van der Waals surface area contributed by atoms with Gasteiger partial charge in [0, 0.05) is 11.6 Å². The highest BCUT2D eigenvalue weighted by molar-refractivity contribution is 6.34. The quantitative estimate of drug-likeness (QED) is 0.468. The molecule has 2 saturated carbocycles. The van der Waals surface area contributed by atoms with E-state index in [4.69, 9.17) is 30.6 Å². The Kier molecular flexibility index (Phi) is 5.66. The highest BCUT2D eigenvalue weighted by Crippen LogP contribution is 2.45. The number of carboxylic acid groups (broad SMARTS) is 1. The number of hydrogen-bond donors (Lipinski definition) is 1. The summed E-state index contributed by atoms with van der Waals surface area (Å²) in [6.45, 7) is 0.814. The van der Waals surface area contributed by atoms with E-state index >= 15 is 0 Å². The van der Waals surface area contributed by atoms with Gasteiger partial charge in [0.1, 0.15) is 18.1 Å². The van der Waals surface area contributed by atoms with Crippen LogP contribution in [0.5, 0.6) is 5.75 Å². The molecule has 0 bridgehead atoms. The zero-order valence-corrected chi connectivity index (χ0v) is 18.1. The number of benzene rings is 2. The van der Waals surface area contributed by atoms with Crippen molar-refractivity contribution in [2.45, 2.75) is 37.7 Å². The van der Waals surface area contributed by atoms with Gasteiger partial charge in [0.2, 0.25) is 0 Å². The topological polar surface area (TPSA) is 86.0 Å². The van der Waals surface area contributed by atoms with Crippen LogP contribution in [-0.4, -0.2) is 30.4 Å². The summed E-state index contributed by atoms with van der Waals surface area (Å²) >= 11 is 6.24. The third-order valence-electron chi connectivity index (χ3n) is 6.16. The van der Waals surface area contributed by atoms with Crippen LogP contribution in [-0.2, 0) is 9.53 Å². The molecule has 3 aromatic rings. The van der Waals surface area contributed by atoms with Crippen molar-refractivity contribution in [2.24, 2.45) is 5.92 Å². The first-order chi connectivity index (χ1) is 15.5. The number of carboxylic acids is 1. The van der Waals surface area contributed by atoms with E-state index in [1.165, 1.54) is 6.07 Å². The second-order valence-corrected chi connectivity index (χ2v) is 8.87. The highest BCUT2D eigenvalue weighted by atomic mass is 35.5. The summed E-state index contributed by atoms with van der Waals surface area (Å²) in [5, 5.41) is 9.80. The van der Waals surface area contributed by atoms with Crippen molar-refractivity contribution in [1.29, 1.82) is 0 Å². The number of ether oxygens (including phenoxy) is 2. The molecule has 0 unspecified atom stereocenters. The zero-order chi connectivity index (χ0) is 22.2. The summed E-state index contributed by atoms with van der Waals surface area (Å²) in [5.41, 5.74) is 2.17. The van der Waals surface area contributed by atoms with Crippen molar-refractivity contribution in [2.75, 3.05) is 13.2 Å². The van der Waals surface area contributed by atoms with Gasteiger partial charge in [-0.1, -0.05) is 17.7 Å². The van der Waals surface area contributed by atoms with E-state index < -0.39 is 5.97 Å². The second kappa shape index (κ2) is 8.60. The van der Waals surface area contributed by atoms with Crippen LogP contribution >= 0.6 is 11.6 Å². The van der Waals surface area contributed by atoms with Gasteiger partial charge < -0.3 is 19.0 Å². The van der Waals surface area contributed by atoms with Crippen molar-refractivity contribution >= 4 is 28.5 Å². The standard InChI is InChI=1S/C25H23ClO6/c26-20-3-1-2-18-21(27)13-23(32-24(18)20)15-6-7-22(19(12-15)14-4-5-14)31-9-8-30-17-10-16(11-17)25(28)29/h1-3,6-7,12-14,16-17H,4-5,8-11H2,(H,28,29)/t16-,17+. The fourth-order valence-corrected chi connectivity index (χ4v) is 4.31. The number of fused-ring (bicyclic) bond motifs is 1. The molecule has 6 nitrogen and oxygen atoms in total. The van der Waals surface area contributed by atoms with Crippen LogP contribution in [0.1, 0.15) is 37.2 Å². The lowest BCUT2D eigenvalue weighted by molar-refractivity contribution is -0.151. The molecule has 5 rings (SSSR count). The van der Waals surface area contributed by atoms with Crippen LogP contribution in [0.25, 0.3) is 22.3 Å². The Balaban J connectivity index is 1.30. The molecule has 2 aliphatic carbocycles. The lowest BCUT2D eigenvalue weighted by Gasteiger charge is -2.32. The van der Waals surface area contributed by atoms with Crippen molar-refractivity contribution in [3.63, 3.8) is 0 Å². The largest absolute Gasteiger partial charge is 0.491 e. The zero-order valence-electron chi connectivity index (χ0n) is 17.4. The van der Waals surface area contributed by atoms with Gasteiger partial charge in [-0.2, -0.15) is 0 Å². The number of aliphatic carboxylic acids is 1. The lowest BCUT2D eigenvalue weighted by atomic mass is 9.82. The van der Waals surface area contributed by atoms with Crippen LogP contribution in [0.3, 0.4) is 0 Å². The van der Waals surface area contributed by atoms with Crippen LogP contribution < -0.4 is 10.2 Å². The van der Waals surface area contributed by atoms with Gasteiger partial charge in [-0.15, -0.1) is 0 Å². The minimum absolute atomic E-state index is 0.00704. The Morgan fingerprint density at radius 2 is 1.94 bits per heavy atom. The Bertz CT molecular complexity index is 1220. The molecular weight excluding hydrogens is 432 g/mol. The third-order valence-corrected chi connectivity index (χ3v) is 6.45. The molecule has 0 aliphatic heterocycles. The number of carbonyl (C=O) groups is 1. The van der Waals surface area contributed by atoms with Crippen LogP contribution in [0.15, 0.2) is 51.7 Å². The van der Waals surface area contributed by atoms with E-state index in [-0.39, 0.29) is 17.5 Å². The molecule has 7 heteroatoms. The first-order valence-electron chi connectivity index (χ1n) is 10.8. The molecule has 2 fully saturated rings. The molecule has 0 atom stereocenters. The maximum atomic E-state index is 12.5. The number of para-hydroxylation sites is 1. The van der Waals surface area contributed by atoms with Crippen molar-refractivity contribution in [1.82, 2.24) is 0 Å². The van der Waals surface area contributed by atoms with Crippen molar-refractivity contribution in [3.05, 3.63) is 63.3 Å². The molecule has 2 aromatic carbocycles. The van der Waals surface area contributed by atoms with E-state index in [1.807, 2.05) is 18.2 Å². The summed E-state index contributed by atoms with van der Waals surface area (Å²) in [6, 6.07) is 12.5. The van der Waals surface area contributed by atoms with E-state index in [9.17, 15) is 9.59 Å². The Hall–Kier alpha value is -2.83.